The third kappa shape index (κ3) is 5.26. The first-order valence-electron chi connectivity index (χ1n) is 11.3. The SMILES string of the molecule is CCOC(=O)c1[nH]c(C#CC#Cc2[nH]c(C(=O)OCC)c(CC)c2CC)c(CC)c1CC. The van der Waals surface area contributed by atoms with Gasteiger partial charge < -0.3 is 19.4 Å². The van der Waals surface area contributed by atoms with Crippen molar-refractivity contribution in [3.05, 3.63) is 45.0 Å². The molecule has 0 atom stereocenters. The smallest absolute Gasteiger partial charge is 0.355 e. The topological polar surface area (TPSA) is 84.2 Å². The van der Waals surface area contributed by atoms with Crippen molar-refractivity contribution in [2.75, 3.05) is 13.2 Å². The second-order valence-electron chi connectivity index (χ2n) is 7.02. The maximum atomic E-state index is 12.3. The predicted octanol–water partition coefficient (Wildman–Crippen LogP) is 4.35. The van der Waals surface area contributed by atoms with Crippen LogP contribution in [0.3, 0.4) is 0 Å². The lowest BCUT2D eigenvalue weighted by Gasteiger charge is -2.03. The minimum Gasteiger partial charge on any atom is -0.461 e. The molecule has 0 aliphatic carbocycles. The molecule has 170 valence electrons. The predicted molar refractivity (Wildman–Crippen MR) is 125 cm³/mol. The van der Waals surface area contributed by atoms with Crippen LogP contribution in [0.15, 0.2) is 0 Å². The monoisotopic (exact) mass is 436 g/mol. The van der Waals surface area contributed by atoms with Crippen LogP contribution in [0.5, 0.6) is 0 Å². The quantitative estimate of drug-likeness (QED) is 0.476. The van der Waals surface area contributed by atoms with Crippen molar-refractivity contribution >= 4 is 11.9 Å². The second kappa shape index (κ2) is 11.9. The average molecular weight is 437 g/mol. The van der Waals surface area contributed by atoms with Crippen molar-refractivity contribution in [3.8, 4) is 23.7 Å². The van der Waals surface area contributed by atoms with Gasteiger partial charge in [-0.3, -0.25) is 0 Å². The molecule has 0 saturated heterocycles. The second-order valence-corrected chi connectivity index (χ2v) is 7.02. The van der Waals surface area contributed by atoms with Gasteiger partial charge >= 0.3 is 11.9 Å². The Bertz CT molecular complexity index is 1010. The van der Waals surface area contributed by atoms with Gasteiger partial charge in [0.25, 0.3) is 0 Å². The molecular formula is C26H32N2O4. The molecule has 0 spiro atoms. The Morgan fingerprint density at radius 1 is 0.625 bits per heavy atom. The fraction of sp³-hybridized carbons (Fsp3) is 0.462. The molecule has 0 bridgehead atoms. The van der Waals surface area contributed by atoms with Crippen LogP contribution in [0.4, 0.5) is 0 Å². The number of hydrogen-bond acceptors (Lipinski definition) is 4. The Hall–Kier alpha value is -3.38. The minimum atomic E-state index is -0.365. The largest absolute Gasteiger partial charge is 0.461 e. The Morgan fingerprint density at radius 2 is 0.969 bits per heavy atom. The Morgan fingerprint density at radius 3 is 1.25 bits per heavy atom. The molecule has 0 radical (unpaired) electrons. The van der Waals surface area contributed by atoms with Gasteiger partial charge in [-0.1, -0.05) is 27.7 Å². The highest BCUT2D eigenvalue weighted by Gasteiger charge is 2.21. The van der Waals surface area contributed by atoms with Gasteiger partial charge in [-0.15, -0.1) is 0 Å². The van der Waals surface area contributed by atoms with E-state index in [1.807, 2.05) is 27.7 Å². The van der Waals surface area contributed by atoms with E-state index < -0.39 is 0 Å². The molecule has 2 heterocycles. The summed E-state index contributed by atoms with van der Waals surface area (Å²) in [6, 6.07) is 0. The number of hydrogen-bond donors (Lipinski definition) is 2. The maximum Gasteiger partial charge on any atom is 0.355 e. The van der Waals surface area contributed by atoms with E-state index in [0.29, 0.717) is 48.8 Å². The first-order valence-corrected chi connectivity index (χ1v) is 11.3. The van der Waals surface area contributed by atoms with Gasteiger partial charge in [0, 0.05) is 0 Å². The zero-order valence-electron chi connectivity index (χ0n) is 19.9. The molecule has 0 amide bonds. The zero-order valence-corrected chi connectivity index (χ0v) is 19.9. The van der Waals surface area contributed by atoms with Crippen LogP contribution in [-0.2, 0) is 35.2 Å². The van der Waals surface area contributed by atoms with Gasteiger partial charge in [0.15, 0.2) is 0 Å². The number of aromatic nitrogens is 2. The summed E-state index contributed by atoms with van der Waals surface area (Å²) in [5.41, 5.74) is 6.20. The minimum absolute atomic E-state index is 0.318. The molecule has 0 fully saturated rings. The van der Waals surface area contributed by atoms with Crippen molar-refractivity contribution in [3.63, 3.8) is 0 Å². The van der Waals surface area contributed by atoms with Crippen LogP contribution in [0.25, 0.3) is 0 Å². The number of carbonyl (C=O) groups excluding carboxylic acids is 2. The first kappa shape index (κ1) is 24.9. The molecule has 2 aromatic heterocycles. The summed E-state index contributed by atoms with van der Waals surface area (Å²) in [6.45, 7) is 12.3. The van der Waals surface area contributed by atoms with Crippen LogP contribution >= 0.6 is 0 Å². The number of H-pyrrole nitrogens is 2. The summed E-state index contributed by atoms with van der Waals surface area (Å²) < 4.78 is 10.3. The number of aromatic amines is 2. The van der Waals surface area contributed by atoms with Crippen LogP contribution in [-0.4, -0.2) is 35.1 Å². The fourth-order valence-corrected chi connectivity index (χ4v) is 3.87. The molecular weight excluding hydrogens is 404 g/mol. The highest BCUT2D eigenvalue weighted by Crippen LogP contribution is 2.22. The van der Waals surface area contributed by atoms with Gasteiger partial charge in [-0.05, 0) is 85.5 Å². The van der Waals surface area contributed by atoms with Crippen LogP contribution in [0.1, 0.15) is 96.2 Å². The van der Waals surface area contributed by atoms with E-state index in [4.69, 9.17) is 9.47 Å². The molecule has 2 aromatic rings. The summed E-state index contributed by atoms with van der Waals surface area (Å²) in [7, 11) is 0. The van der Waals surface area contributed by atoms with Gasteiger partial charge in [0.1, 0.15) is 11.4 Å². The van der Waals surface area contributed by atoms with Crippen molar-refractivity contribution in [2.24, 2.45) is 0 Å². The summed E-state index contributed by atoms with van der Waals surface area (Å²) >= 11 is 0. The van der Waals surface area contributed by atoms with Crippen LogP contribution in [0.2, 0.25) is 0 Å². The zero-order chi connectivity index (χ0) is 23.7. The molecule has 32 heavy (non-hydrogen) atoms. The number of rotatable bonds is 8. The summed E-state index contributed by atoms with van der Waals surface area (Å²) in [5, 5.41) is 0. The van der Waals surface area contributed by atoms with Crippen molar-refractivity contribution in [1.82, 2.24) is 9.97 Å². The molecule has 0 saturated carbocycles. The molecule has 0 unspecified atom stereocenters. The van der Waals surface area contributed by atoms with Crippen LogP contribution in [0, 0.1) is 23.7 Å². The first-order chi connectivity index (χ1) is 15.5. The van der Waals surface area contributed by atoms with E-state index in [-0.39, 0.29) is 11.9 Å². The normalized spacial score (nSPS) is 10.1. The molecule has 0 aliphatic heterocycles. The van der Waals surface area contributed by atoms with Crippen molar-refractivity contribution < 1.29 is 19.1 Å². The van der Waals surface area contributed by atoms with Crippen molar-refractivity contribution in [1.29, 1.82) is 0 Å². The molecule has 6 heteroatoms. The molecule has 0 aliphatic rings. The number of carbonyl (C=O) groups is 2. The Labute approximate surface area is 190 Å². The number of esters is 2. The molecule has 2 N–H and O–H groups in total. The standard InChI is InChI=1S/C26H32N2O4/c1-7-17-19(9-3)23(25(29)31-11-5)27-21(17)15-13-14-16-22-18(8-2)20(10-4)24(28-22)26(30)32-12-6/h27-28H,7-12H2,1-6H3. The third-order valence-corrected chi connectivity index (χ3v) is 5.25. The maximum absolute atomic E-state index is 12.3. The van der Waals surface area contributed by atoms with Crippen LogP contribution < -0.4 is 0 Å². The van der Waals surface area contributed by atoms with E-state index >= 15 is 0 Å². The summed E-state index contributed by atoms with van der Waals surface area (Å²) in [5.74, 6) is 11.1. The van der Waals surface area contributed by atoms with E-state index in [1.54, 1.807) is 13.8 Å². The summed E-state index contributed by atoms with van der Waals surface area (Å²) in [4.78, 5) is 30.8. The molecule has 0 aromatic carbocycles. The number of ether oxygens (including phenoxy) is 2. The Kier molecular flexibility index (Phi) is 9.22. The fourth-order valence-electron chi connectivity index (χ4n) is 3.87. The third-order valence-electron chi connectivity index (χ3n) is 5.25. The van der Waals surface area contributed by atoms with Gasteiger partial charge in [0.2, 0.25) is 0 Å². The molecule has 6 nitrogen and oxygen atoms in total. The summed E-state index contributed by atoms with van der Waals surface area (Å²) in [6.07, 6.45) is 2.91. The van der Waals surface area contributed by atoms with Gasteiger partial charge in [0.05, 0.1) is 24.6 Å². The lowest BCUT2D eigenvalue weighted by Crippen LogP contribution is -2.08. The van der Waals surface area contributed by atoms with E-state index in [2.05, 4.69) is 33.6 Å². The lowest BCUT2D eigenvalue weighted by atomic mass is 10.0. The van der Waals surface area contributed by atoms with E-state index in [1.165, 1.54) is 0 Å². The average Bonchev–Trinajstić information content (AvgIpc) is 3.34. The van der Waals surface area contributed by atoms with E-state index in [0.717, 1.165) is 35.1 Å². The van der Waals surface area contributed by atoms with Gasteiger partial charge in [-0.2, -0.15) is 0 Å². The van der Waals surface area contributed by atoms with E-state index in [9.17, 15) is 9.59 Å². The Balaban J connectivity index is 2.43. The lowest BCUT2D eigenvalue weighted by molar-refractivity contribution is 0.0509. The highest BCUT2D eigenvalue weighted by atomic mass is 16.5. The number of nitrogens with one attached hydrogen (secondary N) is 2. The van der Waals surface area contributed by atoms with Crippen molar-refractivity contribution in [2.45, 2.75) is 67.2 Å². The molecule has 2 rings (SSSR count). The highest BCUT2D eigenvalue weighted by molar-refractivity contribution is 5.91. The van der Waals surface area contributed by atoms with Gasteiger partial charge in [-0.25, -0.2) is 9.59 Å².